The van der Waals surface area contributed by atoms with Crippen molar-refractivity contribution in [2.24, 2.45) is 0 Å². The Labute approximate surface area is 112 Å². The van der Waals surface area contributed by atoms with Crippen LogP contribution in [0.1, 0.15) is 58.2 Å². The normalized spacial score (nSPS) is 12.6. The summed E-state index contributed by atoms with van der Waals surface area (Å²) in [6.45, 7) is 20.4. The lowest BCUT2D eigenvalue weighted by Crippen LogP contribution is -2.17. The molecule has 1 aromatic rings. The molecule has 1 N–H and O–H groups in total. The summed E-state index contributed by atoms with van der Waals surface area (Å²) in [6.07, 6.45) is 0. The van der Waals surface area contributed by atoms with Crippen LogP contribution in [0.25, 0.3) is 5.57 Å². The van der Waals surface area contributed by atoms with E-state index in [0.717, 1.165) is 22.3 Å². The van der Waals surface area contributed by atoms with Crippen molar-refractivity contribution in [3.63, 3.8) is 0 Å². The van der Waals surface area contributed by atoms with Gasteiger partial charge in [-0.2, -0.15) is 0 Å². The molecule has 1 aromatic carbocycles. The highest BCUT2D eigenvalue weighted by Crippen LogP contribution is 2.40. The summed E-state index contributed by atoms with van der Waals surface area (Å²) in [6, 6.07) is 4.00. The molecule has 0 fully saturated rings. The Morgan fingerprint density at radius 3 is 1.50 bits per heavy atom. The van der Waals surface area contributed by atoms with Crippen molar-refractivity contribution >= 4 is 5.57 Å². The molecule has 99 valence electrons. The number of phenolic OH excluding ortho intramolecular Hbond substituents is 1. The molecule has 0 saturated carbocycles. The number of allylic oxidation sites excluding steroid dienone is 1. The fraction of sp³-hybridized carbons (Fsp3) is 0.471. The Morgan fingerprint density at radius 2 is 1.28 bits per heavy atom. The van der Waals surface area contributed by atoms with E-state index in [1.807, 2.05) is 12.1 Å². The number of aromatic hydroxyl groups is 1. The SMILES string of the molecule is [CH2]C(=C)c1cc(C(C)(C)C)c(O)c(C(C)(C)C)c1. The predicted octanol–water partition coefficient (Wildman–Crippen LogP) is 4.83. The quantitative estimate of drug-likeness (QED) is 0.751. The highest BCUT2D eigenvalue weighted by Gasteiger charge is 2.26. The molecule has 1 rings (SSSR count). The molecule has 0 unspecified atom stereocenters. The zero-order chi connectivity index (χ0) is 14.3. The summed E-state index contributed by atoms with van der Waals surface area (Å²) in [5, 5.41) is 10.5. The Morgan fingerprint density at radius 1 is 0.944 bits per heavy atom. The van der Waals surface area contributed by atoms with Crippen LogP contribution in [0.2, 0.25) is 0 Å². The van der Waals surface area contributed by atoms with Crippen LogP contribution in [0.3, 0.4) is 0 Å². The van der Waals surface area contributed by atoms with Gasteiger partial charge < -0.3 is 5.11 Å². The van der Waals surface area contributed by atoms with Crippen LogP contribution in [0.5, 0.6) is 5.75 Å². The molecule has 0 spiro atoms. The maximum atomic E-state index is 10.5. The monoisotopic (exact) mass is 245 g/mol. The van der Waals surface area contributed by atoms with Gasteiger partial charge in [0, 0.05) is 11.1 Å². The largest absolute Gasteiger partial charge is 0.507 e. The standard InChI is InChI=1S/C17H25O/c1-11(2)12-9-13(16(3,4)5)15(18)14(10-12)17(6,7)8/h9-10,18H,1-2H2,3-8H3. The minimum absolute atomic E-state index is 0.102. The maximum absolute atomic E-state index is 10.5. The van der Waals surface area contributed by atoms with Gasteiger partial charge in [-0.25, -0.2) is 0 Å². The van der Waals surface area contributed by atoms with Crippen molar-refractivity contribution in [1.82, 2.24) is 0 Å². The molecular formula is C17H25O. The molecule has 0 heterocycles. The van der Waals surface area contributed by atoms with Crippen LogP contribution >= 0.6 is 0 Å². The number of hydrogen-bond acceptors (Lipinski definition) is 1. The fourth-order valence-electron chi connectivity index (χ4n) is 1.98. The van der Waals surface area contributed by atoms with Crippen molar-refractivity contribution in [1.29, 1.82) is 0 Å². The molecule has 0 saturated heterocycles. The third-order valence-electron chi connectivity index (χ3n) is 3.13. The van der Waals surface area contributed by atoms with E-state index in [1.165, 1.54) is 0 Å². The first-order chi connectivity index (χ1) is 7.94. The molecule has 18 heavy (non-hydrogen) atoms. The van der Waals surface area contributed by atoms with Crippen LogP contribution in [0.15, 0.2) is 18.7 Å². The Hall–Kier alpha value is -1.24. The van der Waals surface area contributed by atoms with E-state index in [-0.39, 0.29) is 10.8 Å². The molecule has 0 bridgehead atoms. The third-order valence-corrected chi connectivity index (χ3v) is 3.13. The first-order valence-corrected chi connectivity index (χ1v) is 6.34. The fourth-order valence-corrected chi connectivity index (χ4v) is 1.98. The van der Waals surface area contributed by atoms with Crippen molar-refractivity contribution in [2.45, 2.75) is 52.4 Å². The topological polar surface area (TPSA) is 20.2 Å². The zero-order valence-corrected chi connectivity index (χ0v) is 12.5. The second-order valence-corrected chi connectivity index (χ2v) is 7.02. The molecule has 1 radical (unpaired) electrons. The van der Waals surface area contributed by atoms with Crippen LogP contribution < -0.4 is 0 Å². The Bertz CT molecular complexity index is 432. The summed E-state index contributed by atoms with van der Waals surface area (Å²) in [5.74, 6) is 0.403. The van der Waals surface area contributed by atoms with E-state index in [1.54, 1.807) is 0 Å². The summed E-state index contributed by atoms with van der Waals surface area (Å²) < 4.78 is 0. The van der Waals surface area contributed by atoms with E-state index in [2.05, 4.69) is 55.0 Å². The van der Waals surface area contributed by atoms with Gasteiger partial charge in [0.15, 0.2) is 0 Å². The average molecular weight is 245 g/mol. The van der Waals surface area contributed by atoms with E-state index in [0.29, 0.717) is 5.75 Å². The summed E-state index contributed by atoms with van der Waals surface area (Å²) in [5.41, 5.74) is 3.49. The minimum Gasteiger partial charge on any atom is -0.507 e. The van der Waals surface area contributed by atoms with E-state index < -0.39 is 0 Å². The second kappa shape index (κ2) is 4.46. The average Bonchev–Trinajstić information content (AvgIpc) is 2.13. The van der Waals surface area contributed by atoms with E-state index in [9.17, 15) is 5.11 Å². The van der Waals surface area contributed by atoms with Crippen LogP contribution in [0.4, 0.5) is 0 Å². The Balaban J connectivity index is 3.64. The maximum Gasteiger partial charge on any atom is 0.123 e. The summed E-state index contributed by atoms with van der Waals surface area (Å²) in [4.78, 5) is 0. The lowest BCUT2D eigenvalue weighted by Gasteiger charge is -2.28. The first-order valence-electron chi connectivity index (χ1n) is 6.34. The smallest absolute Gasteiger partial charge is 0.123 e. The van der Waals surface area contributed by atoms with Gasteiger partial charge in [0.2, 0.25) is 0 Å². The summed E-state index contributed by atoms with van der Waals surface area (Å²) in [7, 11) is 0. The molecule has 0 amide bonds. The van der Waals surface area contributed by atoms with Gasteiger partial charge in [-0.05, 0) is 41.0 Å². The molecule has 0 atom stereocenters. The van der Waals surface area contributed by atoms with Gasteiger partial charge in [-0.3, -0.25) is 0 Å². The van der Waals surface area contributed by atoms with Gasteiger partial charge in [0.1, 0.15) is 5.75 Å². The lowest BCUT2D eigenvalue weighted by atomic mass is 9.78. The van der Waals surface area contributed by atoms with Crippen LogP contribution in [-0.2, 0) is 10.8 Å². The predicted molar refractivity (Wildman–Crippen MR) is 79.9 cm³/mol. The molecular weight excluding hydrogens is 220 g/mol. The highest BCUT2D eigenvalue weighted by atomic mass is 16.3. The number of hydrogen-bond donors (Lipinski definition) is 1. The van der Waals surface area contributed by atoms with Crippen molar-refractivity contribution < 1.29 is 5.11 Å². The molecule has 0 aliphatic heterocycles. The molecule has 0 aromatic heterocycles. The lowest BCUT2D eigenvalue weighted by molar-refractivity contribution is 0.423. The molecule has 1 nitrogen and oxygen atoms in total. The highest BCUT2D eigenvalue weighted by molar-refractivity contribution is 5.69. The van der Waals surface area contributed by atoms with Crippen molar-refractivity contribution in [3.05, 3.63) is 42.3 Å². The van der Waals surface area contributed by atoms with Crippen LogP contribution in [0, 0.1) is 6.92 Å². The number of benzene rings is 1. The zero-order valence-electron chi connectivity index (χ0n) is 12.5. The van der Waals surface area contributed by atoms with Gasteiger partial charge in [-0.15, -0.1) is 0 Å². The molecule has 1 heteroatoms. The summed E-state index contributed by atoms with van der Waals surface area (Å²) >= 11 is 0. The number of rotatable bonds is 1. The van der Waals surface area contributed by atoms with Crippen molar-refractivity contribution in [2.75, 3.05) is 0 Å². The van der Waals surface area contributed by atoms with Gasteiger partial charge in [-0.1, -0.05) is 48.1 Å². The van der Waals surface area contributed by atoms with E-state index in [4.69, 9.17) is 0 Å². The van der Waals surface area contributed by atoms with Crippen LogP contribution in [-0.4, -0.2) is 5.11 Å². The second-order valence-electron chi connectivity index (χ2n) is 7.02. The molecule has 0 aliphatic carbocycles. The van der Waals surface area contributed by atoms with Crippen molar-refractivity contribution in [3.8, 4) is 5.75 Å². The first kappa shape index (κ1) is 14.8. The molecule has 0 aliphatic rings. The van der Waals surface area contributed by atoms with Gasteiger partial charge in [0.25, 0.3) is 0 Å². The Kier molecular flexibility index (Phi) is 3.67. The minimum atomic E-state index is -0.102. The van der Waals surface area contributed by atoms with E-state index >= 15 is 0 Å². The van der Waals surface area contributed by atoms with Gasteiger partial charge in [0.05, 0.1) is 0 Å². The van der Waals surface area contributed by atoms with Gasteiger partial charge >= 0.3 is 0 Å². The number of phenols is 1. The third kappa shape index (κ3) is 2.95.